The number of β-lactam (4-membered cyclic amide) rings is 1. The molecule has 1 amide bonds. The van der Waals surface area contributed by atoms with Crippen molar-refractivity contribution in [1.82, 2.24) is 9.88 Å². The molecule has 0 N–H and O–H groups in total. The molecule has 2 aliphatic heterocycles. The zero-order valence-corrected chi connectivity index (χ0v) is 18.5. The van der Waals surface area contributed by atoms with E-state index in [0.717, 1.165) is 0 Å². The highest BCUT2D eigenvalue weighted by Gasteiger charge is 2.59. The number of amides is 1. The van der Waals surface area contributed by atoms with Gasteiger partial charge in [0.1, 0.15) is 29.7 Å². The van der Waals surface area contributed by atoms with Gasteiger partial charge in [0.2, 0.25) is 5.91 Å². The first kappa shape index (κ1) is 22.5. The van der Waals surface area contributed by atoms with Crippen LogP contribution in [0.1, 0.15) is 31.1 Å². The van der Waals surface area contributed by atoms with Gasteiger partial charge in [0.25, 0.3) is 5.69 Å². The molecule has 1 aromatic carbocycles. The number of ether oxygens (including phenoxy) is 2. The monoisotopic (exact) mass is 469 g/mol. The molecule has 2 aliphatic rings. The quantitative estimate of drug-likeness (QED) is 0.260. The van der Waals surface area contributed by atoms with Gasteiger partial charge >= 0.3 is 11.9 Å². The Hall–Kier alpha value is -3.73. The molecule has 1 aromatic heterocycles. The third kappa shape index (κ3) is 4.31. The van der Waals surface area contributed by atoms with Crippen LogP contribution in [0.4, 0.5) is 5.69 Å². The number of hydrogen-bond acceptors (Lipinski definition) is 9. The fourth-order valence-electron chi connectivity index (χ4n) is 3.78. The number of aromatic nitrogens is 1. The summed E-state index contributed by atoms with van der Waals surface area (Å²) >= 11 is 1.34. The minimum Gasteiger partial charge on any atom is -0.457 e. The lowest BCUT2D eigenvalue weighted by Crippen LogP contribution is -2.59. The average Bonchev–Trinajstić information content (AvgIpc) is 3.10. The first-order chi connectivity index (χ1) is 15.8. The largest absolute Gasteiger partial charge is 0.457 e. The molecule has 0 saturated carbocycles. The Kier molecular flexibility index (Phi) is 6.14. The molecule has 4 rings (SSSR count). The Balaban J connectivity index is 1.46. The molecular weight excluding hydrogens is 450 g/mol. The number of thioether (sulfide) groups is 1. The van der Waals surface area contributed by atoms with Gasteiger partial charge in [-0.05, 0) is 30.7 Å². The van der Waals surface area contributed by atoms with Crippen molar-refractivity contribution in [3.8, 4) is 0 Å². The maximum absolute atomic E-state index is 13.1. The van der Waals surface area contributed by atoms with Gasteiger partial charge in [0.05, 0.1) is 4.92 Å². The SMILES string of the molecule is CC(=O)OC(c1cccnc1)C1C(=O)N2C(C(=O)OCc3ccc([N+](=O)[O-])cc3)=C(C)S[C@H]12. The van der Waals surface area contributed by atoms with Gasteiger partial charge in [-0.1, -0.05) is 6.07 Å². The fraction of sp³-hybridized carbons (Fsp3) is 0.273. The van der Waals surface area contributed by atoms with E-state index in [0.29, 0.717) is 16.0 Å². The smallest absolute Gasteiger partial charge is 0.356 e. The van der Waals surface area contributed by atoms with Gasteiger partial charge in [0, 0.05) is 41.9 Å². The highest BCUT2D eigenvalue weighted by molar-refractivity contribution is 8.04. The molecule has 3 atom stereocenters. The van der Waals surface area contributed by atoms with E-state index in [1.165, 1.54) is 47.9 Å². The Bertz CT molecular complexity index is 1150. The van der Waals surface area contributed by atoms with Crippen LogP contribution in [-0.4, -0.2) is 38.0 Å². The topological polar surface area (TPSA) is 129 Å². The summed E-state index contributed by atoms with van der Waals surface area (Å²) in [6.07, 6.45) is 2.31. The maximum atomic E-state index is 13.1. The predicted octanol–water partition coefficient (Wildman–Crippen LogP) is 3.10. The lowest BCUT2D eigenvalue weighted by Gasteiger charge is -2.45. The van der Waals surface area contributed by atoms with Crippen molar-refractivity contribution in [2.75, 3.05) is 0 Å². The zero-order chi connectivity index (χ0) is 23.7. The maximum Gasteiger partial charge on any atom is 0.356 e. The van der Waals surface area contributed by atoms with Crippen LogP contribution >= 0.6 is 11.8 Å². The number of allylic oxidation sites excluding steroid dienone is 1. The minimum atomic E-state index is -0.819. The van der Waals surface area contributed by atoms with Crippen molar-refractivity contribution < 1.29 is 28.8 Å². The van der Waals surface area contributed by atoms with Gasteiger partial charge in [-0.25, -0.2) is 4.79 Å². The molecule has 10 nitrogen and oxygen atoms in total. The number of carbonyl (C=O) groups is 3. The van der Waals surface area contributed by atoms with Crippen LogP contribution < -0.4 is 0 Å². The second-order valence-corrected chi connectivity index (χ2v) is 8.79. The van der Waals surface area contributed by atoms with Gasteiger partial charge in [-0.15, -0.1) is 11.8 Å². The van der Waals surface area contributed by atoms with E-state index >= 15 is 0 Å². The number of nitro groups is 1. The first-order valence-corrected chi connectivity index (χ1v) is 10.8. The number of non-ortho nitro benzene ring substituents is 1. The summed E-state index contributed by atoms with van der Waals surface area (Å²) < 4.78 is 10.8. The third-order valence-corrected chi connectivity index (χ3v) is 6.59. The minimum absolute atomic E-state index is 0.0631. The number of carbonyl (C=O) groups excluding carboxylic acids is 3. The molecule has 1 saturated heterocycles. The van der Waals surface area contributed by atoms with Crippen LogP contribution in [0.15, 0.2) is 59.4 Å². The van der Waals surface area contributed by atoms with Crippen LogP contribution in [0.25, 0.3) is 0 Å². The molecule has 3 heterocycles. The van der Waals surface area contributed by atoms with E-state index in [-0.39, 0.29) is 23.9 Å². The van der Waals surface area contributed by atoms with Crippen molar-refractivity contribution in [3.05, 3.63) is 80.6 Å². The summed E-state index contributed by atoms with van der Waals surface area (Å²) in [6, 6.07) is 9.08. The van der Waals surface area contributed by atoms with Crippen molar-refractivity contribution in [2.45, 2.75) is 31.9 Å². The first-order valence-electron chi connectivity index (χ1n) is 9.96. The third-order valence-electron chi connectivity index (χ3n) is 5.30. The van der Waals surface area contributed by atoms with Crippen molar-refractivity contribution in [2.24, 2.45) is 5.92 Å². The summed E-state index contributed by atoms with van der Waals surface area (Å²) in [4.78, 5) is 53.8. The number of fused-ring (bicyclic) bond motifs is 1. The van der Waals surface area contributed by atoms with Crippen molar-refractivity contribution in [3.63, 3.8) is 0 Å². The normalized spacial score (nSPS) is 20.1. The molecule has 0 aliphatic carbocycles. The van der Waals surface area contributed by atoms with Gasteiger partial charge in [-0.2, -0.15) is 0 Å². The standard InChI is InChI=1S/C22H19N3O7S/c1-12-18(22(28)31-11-14-5-7-16(8-6-14)25(29)30)24-20(27)17(21(24)33-12)19(32-13(2)26)15-4-3-9-23-10-15/h3-10,17,19,21H,11H2,1-2H3/t17?,19?,21-/m1/s1. The van der Waals surface area contributed by atoms with E-state index in [1.54, 1.807) is 31.5 Å². The summed E-state index contributed by atoms with van der Waals surface area (Å²) in [6.45, 7) is 2.90. The van der Waals surface area contributed by atoms with Crippen molar-refractivity contribution >= 4 is 35.3 Å². The number of nitrogens with zero attached hydrogens (tertiary/aromatic N) is 3. The zero-order valence-electron chi connectivity index (χ0n) is 17.7. The van der Waals surface area contributed by atoms with Gasteiger partial charge in [-0.3, -0.25) is 29.6 Å². The van der Waals surface area contributed by atoms with Crippen LogP contribution in [0.5, 0.6) is 0 Å². The highest BCUT2D eigenvalue weighted by atomic mass is 32.2. The van der Waals surface area contributed by atoms with Crippen LogP contribution in [0, 0.1) is 16.0 Å². The lowest BCUT2D eigenvalue weighted by atomic mass is 9.87. The summed E-state index contributed by atoms with van der Waals surface area (Å²) in [5.41, 5.74) is 1.26. The van der Waals surface area contributed by atoms with Crippen LogP contribution in [-0.2, 0) is 30.5 Å². The molecule has 2 unspecified atom stereocenters. The summed E-state index contributed by atoms with van der Waals surface area (Å²) in [5, 5.41) is 10.3. The molecule has 2 aromatic rings. The second-order valence-electron chi connectivity index (χ2n) is 7.46. The molecule has 1 fully saturated rings. The van der Waals surface area contributed by atoms with Crippen molar-refractivity contribution in [1.29, 1.82) is 0 Å². The number of pyridine rings is 1. The van der Waals surface area contributed by atoms with Crippen LogP contribution in [0.2, 0.25) is 0 Å². The molecule has 0 radical (unpaired) electrons. The molecule has 170 valence electrons. The highest BCUT2D eigenvalue weighted by Crippen LogP contribution is 2.53. The van der Waals surface area contributed by atoms with E-state index < -0.39 is 34.3 Å². The van der Waals surface area contributed by atoms with Gasteiger partial charge in [0.15, 0.2) is 0 Å². The summed E-state index contributed by atoms with van der Waals surface area (Å²) in [5.74, 6) is -2.21. The van der Waals surface area contributed by atoms with E-state index in [4.69, 9.17) is 9.47 Å². The Morgan fingerprint density at radius 3 is 2.61 bits per heavy atom. The number of esters is 2. The average molecular weight is 469 g/mol. The number of hydrogen-bond donors (Lipinski definition) is 0. The number of benzene rings is 1. The second kappa shape index (κ2) is 9.02. The lowest BCUT2D eigenvalue weighted by molar-refractivity contribution is -0.384. The Labute approximate surface area is 192 Å². The Morgan fingerprint density at radius 1 is 1.27 bits per heavy atom. The summed E-state index contributed by atoms with van der Waals surface area (Å²) in [7, 11) is 0. The predicted molar refractivity (Wildman–Crippen MR) is 116 cm³/mol. The molecule has 0 spiro atoms. The number of nitro benzene ring substituents is 1. The Morgan fingerprint density at radius 2 is 2.00 bits per heavy atom. The van der Waals surface area contributed by atoms with Gasteiger partial charge < -0.3 is 9.47 Å². The molecule has 0 bridgehead atoms. The molecule has 33 heavy (non-hydrogen) atoms. The fourth-order valence-corrected chi connectivity index (χ4v) is 5.16. The van der Waals surface area contributed by atoms with E-state index in [1.807, 2.05) is 0 Å². The van der Waals surface area contributed by atoms with E-state index in [2.05, 4.69) is 4.98 Å². The molecular formula is C22H19N3O7S. The van der Waals surface area contributed by atoms with E-state index in [9.17, 15) is 24.5 Å². The van der Waals surface area contributed by atoms with Crippen LogP contribution in [0.3, 0.4) is 0 Å². The molecule has 11 heteroatoms. The number of rotatable bonds is 7.